The average Bonchev–Trinajstić information content (AvgIpc) is 2.82. The number of rotatable bonds is 2. The van der Waals surface area contributed by atoms with Gasteiger partial charge < -0.3 is 5.73 Å². The monoisotopic (exact) mass is 271 g/mol. The second kappa shape index (κ2) is 4.70. The molecule has 0 atom stereocenters. The zero-order chi connectivity index (χ0) is 13.2. The van der Waals surface area contributed by atoms with E-state index in [1.165, 1.54) is 4.68 Å². The van der Waals surface area contributed by atoms with E-state index in [4.69, 9.17) is 17.3 Å². The standard InChI is InChI=1S/C13H10ClN5/c14-10-5-2-1-4-9(10)11-8-12(15)19(18-11)13-16-6-3-7-17-13/h1-8H,15H2. The number of nitrogens with zero attached hydrogens (tertiary/aromatic N) is 4. The highest BCUT2D eigenvalue weighted by molar-refractivity contribution is 6.33. The van der Waals surface area contributed by atoms with Crippen LogP contribution in [0, 0.1) is 0 Å². The summed E-state index contributed by atoms with van der Waals surface area (Å²) in [6, 6.07) is 10.9. The van der Waals surface area contributed by atoms with Gasteiger partial charge in [0.05, 0.1) is 10.7 Å². The second-order valence-corrected chi connectivity index (χ2v) is 4.30. The van der Waals surface area contributed by atoms with Crippen LogP contribution in [0.2, 0.25) is 5.02 Å². The van der Waals surface area contributed by atoms with Crippen LogP contribution in [0.25, 0.3) is 17.2 Å². The molecule has 94 valence electrons. The molecule has 19 heavy (non-hydrogen) atoms. The lowest BCUT2D eigenvalue weighted by molar-refractivity contribution is 0.820. The second-order valence-electron chi connectivity index (χ2n) is 3.89. The molecule has 0 amide bonds. The van der Waals surface area contributed by atoms with Crippen LogP contribution in [-0.4, -0.2) is 19.7 Å². The van der Waals surface area contributed by atoms with Crippen LogP contribution in [0.15, 0.2) is 48.8 Å². The minimum absolute atomic E-state index is 0.429. The number of halogens is 1. The number of hydrogen-bond acceptors (Lipinski definition) is 4. The van der Waals surface area contributed by atoms with Gasteiger partial charge in [0, 0.05) is 24.0 Å². The van der Waals surface area contributed by atoms with Crippen LogP contribution in [0.3, 0.4) is 0 Å². The fourth-order valence-electron chi connectivity index (χ4n) is 1.76. The summed E-state index contributed by atoms with van der Waals surface area (Å²) in [7, 11) is 0. The SMILES string of the molecule is Nc1cc(-c2ccccc2Cl)nn1-c1ncccn1. The number of nitrogens with two attached hydrogens (primary N) is 1. The third-order valence-corrected chi connectivity index (χ3v) is 2.96. The molecule has 0 aliphatic rings. The maximum atomic E-state index is 6.15. The van der Waals surface area contributed by atoms with Crippen molar-refractivity contribution in [3.8, 4) is 17.2 Å². The Morgan fingerprint density at radius 1 is 1.05 bits per heavy atom. The van der Waals surface area contributed by atoms with Gasteiger partial charge in [-0.3, -0.25) is 0 Å². The lowest BCUT2D eigenvalue weighted by Crippen LogP contribution is -2.05. The molecule has 0 aliphatic carbocycles. The van der Waals surface area contributed by atoms with Crippen molar-refractivity contribution in [3.05, 3.63) is 53.8 Å². The molecule has 0 unspecified atom stereocenters. The van der Waals surface area contributed by atoms with Gasteiger partial charge in [-0.2, -0.15) is 9.78 Å². The Labute approximate surface area is 114 Å². The van der Waals surface area contributed by atoms with Gasteiger partial charge in [-0.05, 0) is 12.1 Å². The average molecular weight is 272 g/mol. The number of hydrogen-bond donors (Lipinski definition) is 1. The molecular formula is C13H10ClN5. The van der Waals surface area contributed by atoms with E-state index in [1.807, 2.05) is 24.3 Å². The lowest BCUT2D eigenvalue weighted by atomic mass is 10.1. The molecule has 0 saturated heterocycles. The van der Waals surface area contributed by atoms with E-state index in [-0.39, 0.29) is 0 Å². The van der Waals surface area contributed by atoms with Gasteiger partial charge in [0.25, 0.3) is 5.95 Å². The molecule has 3 rings (SSSR count). The first-order valence-corrected chi connectivity index (χ1v) is 6.01. The fourth-order valence-corrected chi connectivity index (χ4v) is 1.99. The summed E-state index contributed by atoms with van der Waals surface area (Å²) < 4.78 is 1.48. The van der Waals surface area contributed by atoms with E-state index in [0.29, 0.717) is 22.5 Å². The lowest BCUT2D eigenvalue weighted by Gasteiger charge is -2.00. The van der Waals surface area contributed by atoms with Crippen molar-refractivity contribution >= 4 is 17.4 Å². The normalized spacial score (nSPS) is 10.6. The molecule has 0 fully saturated rings. The van der Waals surface area contributed by atoms with Crippen LogP contribution < -0.4 is 5.73 Å². The van der Waals surface area contributed by atoms with E-state index in [2.05, 4.69) is 15.1 Å². The highest BCUT2D eigenvalue weighted by Crippen LogP contribution is 2.28. The summed E-state index contributed by atoms with van der Waals surface area (Å²) in [5.74, 6) is 0.888. The predicted octanol–water partition coefficient (Wildman–Crippen LogP) is 2.56. The first-order chi connectivity index (χ1) is 9.25. The van der Waals surface area contributed by atoms with Crippen LogP contribution in [0.4, 0.5) is 5.82 Å². The molecule has 0 bridgehead atoms. The van der Waals surface area contributed by atoms with Crippen LogP contribution in [0.1, 0.15) is 0 Å². The summed E-state index contributed by atoms with van der Waals surface area (Å²) >= 11 is 6.15. The summed E-state index contributed by atoms with van der Waals surface area (Å²) in [5.41, 5.74) is 7.45. The van der Waals surface area contributed by atoms with Crippen molar-refractivity contribution in [2.45, 2.75) is 0 Å². The Kier molecular flexibility index (Phi) is 2.89. The van der Waals surface area contributed by atoms with E-state index < -0.39 is 0 Å². The molecule has 0 saturated carbocycles. The minimum atomic E-state index is 0.429. The molecular weight excluding hydrogens is 262 g/mol. The smallest absolute Gasteiger partial charge is 0.252 e. The third-order valence-electron chi connectivity index (χ3n) is 2.63. The highest BCUT2D eigenvalue weighted by Gasteiger charge is 2.12. The number of benzene rings is 1. The van der Waals surface area contributed by atoms with Crippen molar-refractivity contribution in [2.75, 3.05) is 5.73 Å². The fraction of sp³-hybridized carbons (Fsp3) is 0. The molecule has 0 spiro atoms. The van der Waals surface area contributed by atoms with Crippen molar-refractivity contribution < 1.29 is 0 Å². The van der Waals surface area contributed by atoms with E-state index >= 15 is 0 Å². The van der Waals surface area contributed by atoms with E-state index in [1.54, 1.807) is 24.5 Å². The van der Waals surface area contributed by atoms with Crippen molar-refractivity contribution in [2.24, 2.45) is 0 Å². The van der Waals surface area contributed by atoms with Gasteiger partial charge in [-0.15, -0.1) is 0 Å². The first kappa shape index (κ1) is 11.7. The molecule has 1 aromatic carbocycles. The van der Waals surface area contributed by atoms with Crippen molar-refractivity contribution in [3.63, 3.8) is 0 Å². The van der Waals surface area contributed by atoms with Crippen molar-refractivity contribution in [1.29, 1.82) is 0 Å². The van der Waals surface area contributed by atoms with Gasteiger partial charge in [-0.25, -0.2) is 9.97 Å². The molecule has 0 aliphatic heterocycles. The number of aromatic nitrogens is 4. The summed E-state index contributed by atoms with van der Waals surface area (Å²) in [5, 5.41) is 5.02. The molecule has 6 heteroatoms. The Hall–Kier alpha value is -2.40. The summed E-state index contributed by atoms with van der Waals surface area (Å²) in [6.45, 7) is 0. The minimum Gasteiger partial charge on any atom is -0.383 e. The molecule has 2 aromatic heterocycles. The van der Waals surface area contributed by atoms with Gasteiger partial charge in [0.1, 0.15) is 5.82 Å². The van der Waals surface area contributed by atoms with Gasteiger partial charge in [0.15, 0.2) is 0 Å². The highest BCUT2D eigenvalue weighted by atomic mass is 35.5. The Morgan fingerprint density at radius 3 is 2.53 bits per heavy atom. The molecule has 3 aromatic rings. The molecule has 5 nitrogen and oxygen atoms in total. The van der Waals surface area contributed by atoms with Crippen LogP contribution >= 0.6 is 11.6 Å². The van der Waals surface area contributed by atoms with Gasteiger partial charge in [0.2, 0.25) is 0 Å². The topological polar surface area (TPSA) is 69.6 Å². The largest absolute Gasteiger partial charge is 0.383 e. The number of nitrogen functional groups attached to an aromatic ring is 1. The number of anilines is 1. The van der Waals surface area contributed by atoms with E-state index in [9.17, 15) is 0 Å². The van der Waals surface area contributed by atoms with Gasteiger partial charge >= 0.3 is 0 Å². The Morgan fingerprint density at radius 2 is 1.79 bits per heavy atom. The Bertz CT molecular complexity index is 708. The molecule has 0 radical (unpaired) electrons. The maximum absolute atomic E-state index is 6.15. The van der Waals surface area contributed by atoms with Gasteiger partial charge in [-0.1, -0.05) is 29.8 Å². The third kappa shape index (κ3) is 2.15. The van der Waals surface area contributed by atoms with E-state index in [0.717, 1.165) is 5.56 Å². The predicted molar refractivity (Wildman–Crippen MR) is 74.0 cm³/mol. The van der Waals surface area contributed by atoms with Crippen molar-refractivity contribution in [1.82, 2.24) is 19.7 Å². The van der Waals surface area contributed by atoms with Crippen LogP contribution in [-0.2, 0) is 0 Å². The molecule has 2 heterocycles. The van der Waals surface area contributed by atoms with Crippen LogP contribution in [0.5, 0.6) is 0 Å². The zero-order valence-electron chi connectivity index (χ0n) is 9.86. The molecule has 2 N–H and O–H groups in total. The first-order valence-electron chi connectivity index (χ1n) is 5.63. The Balaban J connectivity index is 2.10. The quantitative estimate of drug-likeness (QED) is 0.778. The maximum Gasteiger partial charge on any atom is 0.252 e. The zero-order valence-corrected chi connectivity index (χ0v) is 10.6. The summed E-state index contributed by atoms with van der Waals surface area (Å²) in [4.78, 5) is 8.23. The summed E-state index contributed by atoms with van der Waals surface area (Å²) in [6.07, 6.45) is 3.28.